The second-order valence-electron chi connectivity index (χ2n) is 8.80. The van der Waals surface area contributed by atoms with Crippen molar-refractivity contribution >= 4 is 21.6 Å². The average molecular weight is 485 g/mol. The molecule has 176 valence electrons. The van der Waals surface area contributed by atoms with Gasteiger partial charge in [-0.2, -0.15) is 5.26 Å². The topological polar surface area (TPSA) is 80.4 Å². The first-order valence-corrected chi connectivity index (χ1v) is 12.7. The molecule has 0 radical (unpaired) electrons. The summed E-state index contributed by atoms with van der Waals surface area (Å²) in [5.41, 5.74) is 2.87. The first-order valence-electron chi connectivity index (χ1n) is 11.8. The lowest BCUT2D eigenvalue weighted by Gasteiger charge is -2.27. The number of hydrogen-bond donors (Lipinski definition) is 0. The second kappa shape index (κ2) is 9.17. The van der Waals surface area contributed by atoms with Crippen LogP contribution in [0.15, 0.2) is 58.7 Å². The van der Waals surface area contributed by atoms with Crippen LogP contribution in [-0.4, -0.2) is 34.2 Å². The summed E-state index contributed by atoms with van der Waals surface area (Å²) in [5, 5.41) is 12.1. The number of benzene rings is 2. The molecule has 6 rings (SSSR count). The molecule has 1 fully saturated rings. The molecule has 1 atom stereocenters. The van der Waals surface area contributed by atoms with Gasteiger partial charge in [-0.1, -0.05) is 36.4 Å². The molecule has 35 heavy (non-hydrogen) atoms. The first kappa shape index (κ1) is 21.8. The van der Waals surface area contributed by atoms with Gasteiger partial charge in [-0.3, -0.25) is 14.3 Å². The Balaban J connectivity index is 1.37. The Bertz CT molecular complexity index is 1490. The smallest absolute Gasteiger partial charge is 0.263 e. The van der Waals surface area contributed by atoms with E-state index in [9.17, 15) is 10.1 Å². The van der Waals surface area contributed by atoms with E-state index < -0.39 is 0 Å². The number of rotatable bonds is 5. The average Bonchev–Trinajstić information content (AvgIpc) is 3.54. The van der Waals surface area contributed by atoms with Crippen molar-refractivity contribution in [1.82, 2.24) is 14.5 Å². The van der Waals surface area contributed by atoms with Gasteiger partial charge >= 0.3 is 0 Å². The predicted octanol–water partition coefficient (Wildman–Crippen LogP) is 4.76. The monoisotopic (exact) mass is 484 g/mol. The lowest BCUT2D eigenvalue weighted by molar-refractivity contribution is 0.170. The molecule has 8 heteroatoms. The fourth-order valence-corrected chi connectivity index (χ4v) is 6.05. The van der Waals surface area contributed by atoms with Gasteiger partial charge in [-0.15, -0.1) is 11.3 Å². The minimum absolute atomic E-state index is 0.0241. The number of nitrogens with zero attached hydrogens (tertiary/aromatic N) is 4. The Morgan fingerprint density at radius 3 is 2.77 bits per heavy atom. The molecular weight excluding hydrogens is 460 g/mol. The number of ether oxygens (including phenoxy) is 2. The van der Waals surface area contributed by atoms with E-state index in [4.69, 9.17) is 14.5 Å². The van der Waals surface area contributed by atoms with Crippen LogP contribution in [-0.2, 0) is 13.1 Å². The molecule has 4 aromatic rings. The molecule has 4 heterocycles. The molecule has 2 aromatic heterocycles. The van der Waals surface area contributed by atoms with E-state index in [1.165, 1.54) is 16.9 Å². The predicted molar refractivity (Wildman–Crippen MR) is 135 cm³/mol. The normalized spacial score (nSPS) is 17.5. The van der Waals surface area contributed by atoms with Crippen molar-refractivity contribution < 1.29 is 9.47 Å². The first-order chi connectivity index (χ1) is 17.2. The van der Waals surface area contributed by atoms with Crippen molar-refractivity contribution in [3.05, 3.63) is 75.7 Å². The Labute approximate surface area is 206 Å². The van der Waals surface area contributed by atoms with Crippen LogP contribution in [0, 0.1) is 11.3 Å². The summed E-state index contributed by atoms with van der Waals surface area (Å²) in [6.07, 6.45) is 2.07. The highest BCUT2D eigenvalue weighted by Gasteiger charge is 2.29. The highest BCUT2D eigenvalue weighted by molar-refractivity contribution is 7.17. The van der Waals surface area contributed by atoms with Crippen LogP contribution in [0.1, 0.15) is 30.3 Å². The highest BCUT2D eigenvalue weighted by Crippen LogP contribution is 2.39. The van der Waals surface area contributed by atoms with Crippen LogP contribution < -0.4 is 15.0 Å². The number of thiophene rings is 1. The third-order valence-electron chi connectivity index (χ3n) is 6.75. The van der Waals surface area contributed by atoms with Crippen LogP contribution in [0.5, 0.6) is 11.5 Å². The third-order valence-corrected chi connectivity index (χ3v) is 7.62. The van der Waals surface area contributed by atoms with E-state index in [-0.39, 0.29) is 18.1 Å². The van der Waals surface area contributed by atoms with E-state index in [1.54, 1.807) is 4.57 Å². The quantitative estimate of drug-likeness (QED) is 0.406. The molecule has 2 aliphatic heterocycles. The molecule has 0 saturated carbocycles. The Morgan fingerprint density at radius 1 is 1.11 bits per heavy atom. The van der Waals surface area contributed by atoms with Crippen molar-refractivity contribution in [3.63, 3.8) is 0 Å². The molecule has 1 saturated heterocycles. The SMILES string of the molecule is N#CCn1c(CN2CCC[C@H]2c2ccc3c(c2)OCCO3)nc2scc(-c3ccccc3)c2c1=O. The molecule has 0 spiro atoms. The lowest BCUT2D eigenvalue weighted by atomic mass is 10.0. The summed E-state index contributed by atoms with van der Waals surface area (Å²) in [7, 11) is 0. The lowest BCUT2D eigenvalue weighted by Crippen LogP contribution is -2.31. The molecule has 7 nitrogen and oxygen atoms in total. The zero-order valence-corrected chi connectivity index (χ0v) is 20.0. The highest BCUT2D eigenvalue weighted by atomic mass is 32.1. The Hall–Kier alpha value is -3.67. The van der Waals surface area contributed by atoms with E-state index in [2.05, 4.69) is 23.1 Å². The minimum atomic E-state index is -0.151. The van der Waals surface area contributed by atoms with Gasteiger partial charge in [0.15, 0.2) is 11.5 Å². The molecule has 0 bridgehead atoms. The van der Waals surface area contributed by atoms with Crippen molar-refractivity contribution in [2.24, 2.45) is 0 Å². The van der Waals surface area contributed by atoms with Gasteiger partial charge in [0.1, 0.15) is 30.4 Å². The van der Waals surface area contributed by atoms with Crippen LogP contribution in [0.3, 0.4) is 0 Å². The molecule has 2 aromatic carbocycles. The minimum Gasteiger partial charge on any atom is -0.486 e. The van der Waals surface area contributed by atoms with Gasteiger partial charge in [0, 0.05) is 17.0 Å². The summed E-state index contributed by atoms with van der Waals surface area (Å²) >= 11 is 1.48. The number of nitriles is 1. The number of aromatic nitrogens is 2. The van der Waals surface area contributed by atoms with E-state index >= 15 is 0 Å². The second-order valence-corrected chi connectivity index (χ2v) is 9.66. The summed E-state index contributed by atoms with van der Waals surface area (Å²) < 4.78 is 13.0. The Kier molecular flexibility index (Phi) is 5.72. The van der Waals surface area contributed by atoms with Gasteiger partial charge in [0.2, 0.25) is 0 Å². The van der Waals surface area contributed by atoms with Crippen LogP contribution in [0.2, 0.25) is 0 Å². The molecular formula is C27H24N4O3S. The van der Waals surface area contributed by atoms with Gasteiger partial charge in [0.05, 0.1) is 18.0 Å². The molecule has 0 aliphatic carbocycles. The Morgan fingerprint density at radius 2 is 1.94 bits per heavy atom. The van der Waals surface area contributed by atoms with Crippen molar-refractivity contribution in [3.8, 4) is 28.7 Å². The van der Waals surface area contributed by atoms with Crippen molar-refractivity contribution in [1.29, 1.82) is 5.26 Å². The summed E-state index contributed by atoms with van der Waals surface area (Å²) in [6.45, 7) is 2.51. The largest absolute Gasteiger partial charge is 0.486 e. The maximum Gasteiger partial charge on any atom is 0.263 e. The molecule has 0 amide bonds. The number of hydrogen-bond acceptors (Lipinski definition) is 7. The standard InChI is InChI=1S/C27H24N4O3S/c28-10-12-31-24(29-26-25(27(31)32)20(17-35-26)18-5-2-1-3-6-18)16-30-11-4-7-21(30)19-8-9-22-23(15-19)34-14-13-33-22/h1-3,5-6,8-9,15,17,21H,4,7,11-14,16H2/t21-/m0/s1. The van der Waals surface area contributed by atoms with Crippen molar-refractivity contribution in [2.75, 3.05) is 19.8 Å². The van der Waals surface area contributed by atoms with Crippen LogP contribution in [0.4, 0.5) is 0 Å². The summed E-state index contributed by atoms with van der Waals surface area (Å²) in [5.74, 6) is 2.20. The zero-order chi connectivity index (χ0) is 23.8. The van der Waals surface area contributed by atoms with E-state index in [0.29, 0.717) is 35.8 Å². The number of fused-ring (bicyclic) bond motifs is 2. The van der Waals surface area contributed by atoms with Gasteiger partial charge in [-0.25, -0.2) is 4.98 Å². The van der Waals surface area contributed by atoms with Crippen LogP contribution in [0.25, 0.3) is 21.3 Å². The van der Waals surface area contributed by atoms with Gasteiger partial charge in [0.25, 0.3) is 5.56 Å². The van der Waals surface area contributed by atoms with E-state index in [0.717, 1.165) is 42.0 Å². The third kappa shape index (κ3) is 3.97. The fraction of sp³-hybridized carbons (Fsp3) is 0.296. The van der Waals surface area contributed by atoms with Gasteiger partial charge < -0.3 is 9.47 Å². The van der Waals surface area contributed by atoms with Gasteiger partial charge in [-0.05, 0) is 42.6 Å². The maximum absolute atomic E-state index is 13.6. The van der Waals surface area contributed by atoms with Crippen molar-refractivity contribution in [2.45, 2.75) is 32.0 Å². The molecule has 2 aliphatic rings. The number of likely N-dealkylation sites (tertiary alicyclic amines) is 1. The maximum atomic E-state index is 13.6. The summed E-state index contributed by atoms with van der Waals surface area (Å²) in [6, 6.07) is 18.4. The molecule has 0 unspecified atom stereocenters. The summed E-state index contributed by atoms with van der Waals surface area (Å²) in [4.78, 5) is 21.6. The fourth-order valence-electron chi connectivity index (χ4n) is 5.09. The van der Waals surface area contributed by atoms with Crippen LogP contribution >= 0.6 is 11.3 Å². The molecule has 0 N–H and O–H groups in total. The zero-order valence-electron chi connectivity index (χ0n) is 19.1. The van der Waals surface area contributed by atoms with E-state index in [1.807, 2.05) is 41.8 Å².